The molecule has 1 N–H and O–H groups in total. The van der Waals surface area contributed by atoms with Crippen molar-refractivity contribution in [1.82, 2.24) is 5.32 Å². The zero-order chi connectivity index (χ0) is 9.52. The molecule has 1 aromatic heterocycles. The number of nitrogens with one attached hydrogen (secondary N) is 1. The monoisotopic (exact) mass is 199 g/mol. The lowest BCUT2D eigenvalue weighted by Crippen LogP contribution is -2.21. The lowest BCUT2D eigenvalue weighted by molar-refractivity contribution is 0.543. The Balaban J connectivity index is 2.07. The van der Waals surface area contributed by atoms with E-state index in [1.54, 1.807) is 12.5 Å². The van der Waals surface area contributed by atoms with Crippen molar-refractivity contribution in [2.24, 2.45) is 5.92 Å². The van der Waals surface area contributed by atoms with E-state index < -0.39 is 0 Å². The average Bonchev–Trinajstić information content (AvgIpc) is 2.57. The highest BCUT2D eigenvalue weighted by Gasteiger charge is 2.00. The normalized spacial score (nSPS) is 13.1. The molecule has 13 heavy (non-hydrogen) atoms. The standard InChI is InChI=1S/C10H17NOS/c1-9(8-13-2)5-11-6-10-3-4-12-7-10/h3-4,7,9,11H,5-6,8H2,1-2H3. The molecule has 3 heteroatoms. The third-order valence-electron chi connectivity index (χ3n) is 1.85. The van der Waals surface area contributed by atoms with Gasteiger partial charge in [-0.3, -0.25) is 0 Å². The minimum Gasteiger partial charge on any atom is -0.472 e. The molecule has 0 aliphatic heterocycles. The van der Waals surface area contributed by atoms with Gasteiger partial charge in [0.25, 0.3) is 0 Å². The van der Waals surface area contributed by atoms with Crippen molar-refractivity contribution >= 4 is 11.8 Å². The van der Waals surface area contributed by atoms with Gasteiger partial charge in [-0.05, 0) is 30.5 Å². The predicted molar refractivity (Wildman–Crippen MR) is 58.0 cm³/mol. The van der Waals surface area contributed by atoms with Gasteiger partial charge in [-0.1, -0.05) is 6.92 Å². The summed E-state index contributed by atoms with van der Waals surface area (Å²) in [6.45, 7) is 4.25. The second-order valence-corrected chi connectivity index (χ2v) is 4.23. The molecular formula is C10H17NOS. The van der Waals surface area contributed by atoms with Crippen LogP contribution in [0.1, 0.15) is 12.5 Å². The minimum absolute atomic E-state index is 0.738. The Bertz CT molecular complexity index is 211. The summed E-state index contributed by atoms with van der Waals surface area (Å²) >= 11 is 1.90. The first-order chi connectivity index (χ1) is 6.33. The van der Waals surface area contributed by atoms with Crippen LogP contribution in [0, 0.1) is 5.92 Å². The van der Waals surface area contributed by atoms with Gasteiger partial charge in [0, 0.05) is 12.1 Å². The number of furan rings is 1. The van der Waals surface area contributed by atoms with E-state index in [1.807, 2.05) is 17.8 Å². The summed E-state index contributed by atoms with van der Waals surface area (Å²) in [5, 5.41) is 3.40. The SMILES string of the molecule is CSCC(C)CNCc1ccoc1. The van der Waals surface area contributed by atoms with Crippen LogP contribution in [0.2, 0.25) is 0 Å². The Hall–Kier alpha value is -0.410. The van der Waals surface area contributed by atoms with Crippen LogP contribution in [0.4, 0.5) is 0 Å². The number of hydrogen-bond acceptors (Lipinski definition) is 3. The summed E-state index contributed by atoms with van der Waals surface area (Å²) in [6.07, 6.45) is 5.64. The highest BCUT2D eigenvalue weighted by Crippen LogP contribution is 2.04. The zero-order valence-corrected chi connectivity index (χ0v) is 9.06. The van der Waals surface area contributed by atoms with Crippen LogP contribution in [0.5, 0.6) is 0 Å². The summed E-state index contributed by atoms with van der Waals surface area (Å²) < 4.78 is 4.98. The van der Waals surface area contributed by atoms with Gasteiger partial charge >= 0.3 is 0 Å². The second-order valence-electron chi connectivity index (χ2n) is 3.32. The Morgan fingerprint density at radius 3 is 3.08 bits per heavy atom. The molecule has 1 unspecified atom stereocenters. The first kappa shape index (κ1) is 10.7. The van der Waals surface area contributed by atoms with Crippen LogP contribution >= 0.6 is 11.8 Å². The first-order valence-corrected chi connectivity index (χ1v) is 5.93. The summed E-state index contributed by atoms with van der Waals surface area (Å²) in [4.78, 5) is 0. The molecule has 0 fully saturated rings. The summed E-state index contributed by atoms with van der Waals surface area (Å²) in [6, 6.07) is 1.99. The van der Waals surface area contributed by atoms with E-state index in [-0.39, 0.29) is 0 Å². The fraction of sp³-hybridized carbons (Fsp3) is 0.600. The van der Waals surface area contributed by atoms with Crippen molar-refractivity contribution in [3.8, 4) is 0 Å². The molecule has 74 valence electrons. The smallest absolute Gasteiger partial charge is 0.0947 e. The molecule has 0 aliphatic rings. The molecule has 1 rings (SSSR count). The highest BCUT2D eigenvalue weighted by molar-refractivity contribution is 7.98. The fourth-order valence-corrected chi connectivity index (χ4v) is 1.89. The summed E-state index contributed by atoms with van der Waals surface area (Å²) in [7, 11) is 0. The summed E-state index contributed by atoms with van der Waals surface area (Å²) in [5.41, 5.74) is 1.22. The van der Waals surface area contributed by atoms with Crippen molar-refractivity contribution in [2.45, 2.75) is 13.5 Å². The topological polar surface area (TPSA) is 25.2 Å². The van der Waals surface area contributed by atoms with Crippen LogP contribution in [0.3, 0.4) is 0 Å². The molecule has 1 atom stereocenters. The highest BCUT2D eigenvalue weighted by atomic mass is 32.2. The molecule has 0 saturated carbocycles. The van der Waals surface area contributed by atoms with Gasteiger partial charge in [-0.25, -0.2) is 0 Å². The number of hydrogen-bond donors (Lipinski definition) is 1. The Morgan fingerprint density at radius 2 is 2.46 bits per heavy atom. The van der Waals surface area contributed by atoms with E-state index in [0.717, 1.165) is 19.0 Å². The van der Waals surface area contributed by atoms with Gasteiger partial charge in [-0.2, -0.15) is 11.8 Å². The molecule has 0 spiro atoms. The lowest BCUT2D eigenvalue weighted by Gasteiger charge is -2.09. The summed E-state index contributed by atoms with van der Waals surface area (Å²) in [5.74, 6) is 1.96. The quantitative estimate of drug-likeness (QED) is 0.761. The molecule has 2 nitrogen and oxygen atoms in total. The molecule has 1 aromatic rings. The Kier molecular flexibility index (Phi) is 5.01. The van der Waals surface area contributed by atoms with Crippen LogP contribution in [0.15, 0.2) is 23.0 Å². The van der Waals surface area contributed by atoms with Crippen molar-refractivity contribution in [2.75, 3.05) is 18.6 Å². The van der Waals surface area contributed by atoms with Gasteiger partial charge in [0.1, 0.15) is 0 Å². The van der Waals surface area contributed by atoms with Crippen molar-refractivity contribution in [1.29, 1.82) is 0 Å². The lowest BCUT2D eigenvalue weighted by atomic mass is 10.2. The van der Waals surface area contributed by atoms with E-state index in [0.29, 0.717) is 0 Å². The maximum Gasteiger partial charge on any atom is 0.0947 e. The van der Waals surface area contributed by atoms with Gasteiger partial charge in [0.2, 0.25) is 0 Å². The van der Waals surface area contributed by atoms with Crippen molar-refractivity contribution < 1.29 is 4.42 Å². The average molecular weight is 199 g/mol. The zero-order valence-electron chi connectivity index (χ0n) is 8.25. The Morgan fingerprint density at radius 1 is 1.62 bits per heavy atom. The van der Waals surface area contributed by atoms with Gasteiger partial charge in [-0.15, -0.1) is 0 Å². The Labute approximate surface area is 84.1 Å². The van der Waals surface area contributed by atoms with Crippen LogP contribution in [-0.4, -0.2) is 18.6 Å². The first-order valence-electron chi connectivity index (χ1n) is 4.53. The van der Waals surface area contributed by atoms with Crippen LogP contribution in [0.25, 0.3) is 0 Å². The minimum atomic E-state index is 0.738. The molecule has 0 bridgehead atoms. The molecule has 0 amide bonds. The molecule has 0 aliphatic carbocycles. The third-order valence-corrected chi connectivity index (χ3v) is 2.76. The van der Waals surface area contributed by atoms with E-state index in [1.165, 1.54) is 11.3 Å². The van der Waals surface area contributed by atoms with E-state index in [9.17, 15) is 0 Å². The molecule has 0 radical (unpaired) electrons. The van der Waals surface area contributed by atoms with Crippen LogP contribution < -0.4 is 5.32 Å². The second kappa shape index (κ2) is 6.11. The van der Waals surface area contributed by atoms with Crippen LogP contribution in [-0.2, 0) is 6.54 Å². The van der Waals surface area contributed by atoms with E-state index in [2.05, 4.69) is 18.5 Å². The molecule has 0 saturated heterocycles. The maximum atomic E-state index is 4.98. The largest absolute Gasteiger partial charge is 0.472 e. The molecule has 0 aromatic carbocycles. The third kappa shape index (κ3) is 4.39. The van der Waals surface area contributed by atoms with E-state index in [4.69, 9.17) is 4.42 Å². The van der Waals surface area contributed by atoms with Crippen molar-refractivity contribution in [3.05, 3.63) is 24.2 Å². The van der Waals surface area contributed by atoms with Gasteiger partial charge < -0.3 is 9.73 Å². The maximum absolute atomic E-state index is 4.98. The van der Waals surface area contributed by atoms with Gasteiger partial charge in [0.05, 0.1) is 12.5 Å². The molecular weight excluding hydrogens is 182 g/mol. The fourth-order valence-electron chi connectivity index (χ4n) is 1.20. The number of thioether (sulfide) groups is 1. The van der Waals surface area contributed by atoms with E-state index >= 15 is 0 Å². The van der Waals surface area contributed by atoms with Gasteiger partial charge in [0.15, 0.2) is 0 Å². The van der Waals surface area contributed by atoms with Crippen molar-refractivity contribution in [3.63, 3.8) is 0 Å². The number of rotatable bonds is 6. The molecule has 1 heterocycles. The predicted octanol–water partition coefficient (Wildman–Crippen LogP) is 2.37.